The van der Waals surface area contributed by atoms with Crippen molar-refractivity contribution in [3.05, 3.63) is 35.9 Å². The Morgan fingerprint density at radius 1 is 1.12 bits per heavy atom. The molecule has 0 aliphatic rings. The van der Waals surface area contributed by atoms with E-state index in [4.69, 9.17) is 14.2 Å². The molecule has 1 amide bonds. The van der Waals surface area contributed by atoms with E-state index in [1.54, 1.807) is 12.1 Å². The maximum Gasteiger partial charge on any atom is 0.408 e. The van der Waals surface area contributed by atoms with Gasteiger partial charge in [0.1, 0.15) is 13.2 Å². The summed E-state index contributed by atoms with van der Waals surface area (Å²) >= 11 is 0. The molecule has 0 radical (unpaired) electrons. The van der Waals surface area contributed by atoms with Gasteiger partial charge < -0.3 is 24.3 Å². The summed E-state index contributed by atoms with van der Waals surface area (Å²) in [6.45, 7) is 1.80. The van der Waals surface area contributed by atoms with E-state index in [1.165, 1.54) is 7.11 Å². The van der Waals surface area contributed by atoms with Crippen LogP contribution in [0.3, 0.4) is 0 Å². The summed E-state index contributed by atoms with van der Waals surface area (Å²) in [7, 11) is 1.19. The Hall–Kier alpha value is -2.61. The van der Waals surface area contributed by atoms with Crippen LogP contribution >= 0.6 is 0 Å². The molecule has 8 heteroatoms. The lowest BCUT2D eigenvalue weighted by atomic mass is 10.2. The van der Waals surface area contributed by atoms with Crippen molar-refractivity contribution in [3.8, 4) is 0 Å². The molecule has 0 aromatic heterocycles. The first-order chi connectivity index (χ1) is 12.6. The number of methoxy groups -OCH3 is 1. The van der Waals surface area contributed by atoms with Crippen LogP contribution in [0.15, 0.2) is 30.3 Å². The van der Waals surface area contributed by atoms with Gasteiger partial charge in [-0.05, 0) is 12.0 Å². The minimum atomic E-state index is -1.09. The van der Waals surface area contributed by atoms with Crippen LogP contribution in [-0.4, -0.2) is 51.0 Å². The second-order valence-corrected chi connectivity index (χ2v) is 5.37. The molecule has 1 aromatic rings. The second-order valence-electron chi connectivity index (χ2n) is 5.37. The van der Waals surface area contributed by atoms with Gasteiger partial charge >= 0.3 is 18.0 Å². The third-order valence-electron chi connectivity index (χ3n) is 3.26. The van der Waals surface area contributed by atoms with Gasteiger partial charge in [0, 0.05) is 0 Å². The Balaban J connectivity index is 2.37. The quantitative estimate of drug-likeness (QED) is 0.362. The highest BCUT2D eigenvalue weighted by Crippen LogP contribution is 2.01. The average molecular weight is 367 g/mol. The van der Waals surface area contributed by atoms with Gasteiger partial charge in [-0.1, -0.05) is 43.7 Å². The van der Waals surface area contributed by atoms with Gasteiger partial charge in [-0.2, -0.15) is 0 Å². The number of amides is 1. The van der Waals surface area contributed by atoms with Gasteiger partial charge in [-0.15, -0.1) is 0 Å². The van der Waals surface area contributed by atoms with E-state index < -0.39 is 24.1 Å². The van der Waals surface area contributed by atoms with Crippen LogP contribution < -0.4 is 5.32 Å². The minimum absolute atomic E-state index is 0.0607. The molecule has 0 saturated heterocycles. The lowest BCUT2D eigenvalue weighted by molar-refractivity contribution is -0.152. The van der Waals surface area contributed by atoms with Gasteiger partial charge in [-0.25, -0.2) is 14.4 Å². The molecule has 8 nitrogen and oxygen atoms in total. The highest BCUT2D eigenvalue weighted by atomic mass is 16.6. The van der Waals surface area contributed by atoms with Crippen molar-refractivity contribution < 1.29 is 33.3 Å². The minimum Gasteiger partial charge on any atom is -0.467 e. The Morgan fingerprint density at radius 2 is 1.85 bits per heavy atom. The Bertz CT molecular complexity index is 562. The Labute approximate surface area is 152 Å². The first-order valence-electron chi connectivity index (χ1n) is 8.35. The SMILES string of the molecule is CCCCOC(=O)COC[C@H](NC(=O)OCc1ccccc1)C(=O)OC. The molecule has 1 rings (SSSR count). The molecule has 1 aromatic carbocycles. The van der Waals surface area contributed by atoms with E-state index in [0.29, 0.717) is 6.61 Å². The fourth-order valence-electron chi connectivity index (χ4n) is 1.85. The number of alkyl carbamates (subject to hydrolysis) is 1. The summed E-state index contributed by atoms with van der Waals surface area (Å²) in [5.41, 5.74) is 0.809. The normalized spacial score (nSPS) is 11.3. The maximum atomic E-state index is 11.8. The van der Waals surface area contributed by atoms with Crippen molar-refractivity contribution in [1.29, 1.82) is 0 Å². The van der Waals surface area contributed by atoms with Crippen LogP contribution in [0.1, 0.15) is 25.3 Å². The lowest BCUT2D eigenvalue weighted by Gasteiger charge is -2.16. The number of rotatable bonds is 11. The number of benzene rings is 1. The maximum absolute atomic E-state index is 11.8. The number of nitrogens with one attached hydrogen (secondary N) is 1. The van der Waals surface area contributed by atoms with Crippen molar-refractivity contribution in [1.82, 2.24) is 5.32 Å². The highest BCUT2D eigenvalue weighted by Gasteiger charge is 2.23. The summed E-state index contributed by atoms with van der Waals surface area (Å²) in [5, 5.41) is 2.35. The van der Waals surface area contributed by atoms with Gasteiger partial charge in [0.05, 0.1) is 20.3 Å². The van der Waals surface area contributed by atoms with E-state index in [1.807, 2.05) is 25.1 Å². The number of esters is 2. The van der Waals surface area contributed by atoms with E-state index in [2.05, 4.69) is 10.1 Å². The predicted octanol–water partition coefficient (Wildman–Crippen LogP) is 1.81. The Kier molecular flexibility index (Phi) is 10.5. The van der Waals surface area contributed by atoms with Gasteiger partial charge in [0.15, 0.2) is 6.04 Å². The topological polar surface area (TPSA) is 100 Å². The summed E-state index contributed by atoms with van der Waals surface area (Å²) < 4.78 is 19.7. The summed E-state index contributed by atoms with van der Waals surface area (Å²) in [6, 6.07) is 8.01. The van der Waals surface area contributed by atoms with Crippen LogP contribution in [0.4, 0.5) is 4.79 Å². The summed E-state index contributed by atoms with van der Waals surface area (Å²) in [5.74, 6) is -1.24. The van der Waals surface area contributed by atoms with Crippen molar-refractivity contribution in [3.63, 3.8) is 0 Å². The molecule has 144 valence electrons. The number of carbonyl (C=O) groups excluding carboxylic acids is 3. The predicted molar refractivity (Wildman–Crippen MR) is 92.3 cm³/mol. The molecule has 0 heterocycles. The number of unbranched alkanes of at least 4 members (excludes halogenated alkanes) is 1. The van der Waals surface area contributed by atoms with E-state index >= 15 is 0 Å². The zero-order valence-corrected chi connectivity index (χ0v) is 15.1. The van der Waals surface area contributed by atoms with Crippen molar-refractivity contribution >= 4 is 18.0 Å². The first-order valence-corrected chi connectivity index (χ1v) is 8.35. The third kappa shape index (κ3) is 9.03. The molecular formula is C18H25NO7. The van der Waals surface area contributed by atoms with Crippen LogP contribution in [0.5, 0.6) is 0 Å². The molecule has 0 aliphatic heterocycles. The van der Waals surface area contributed by atoms with E-state index in [0.717, 1.165) is 18.4 Å². The molecule has 0 unspecified atom stereocenters. The zero-order chi connectivity index (χ0) is 19.2. The number of ether oxygens (including phenoxy) is 4. The highest BCUT2D eigenvalue weighted by molar-refractivity contribution is 5.81. The first kappa shape index (κ1) is 21.4. The van der Waals surface area contributed by atoms with Crippen LogP contribution in [0, 0.1) is 0 Å². The Morgan fingerprint density at radius 3 is 2.50 bits per heavy atom. The third-order valence-corrected chi connectivity index (χ3v) is 3.26. The van der Waals surface area contributed by atoms with Crippen molar-refractivity contribution in [2.24, 2.45) is 0 Å². The molecule has 1 N–H and O–H groups in total. The van der Waals surface area contributed by atoms with Crippen molar-refractivity contribution in [2.75, 3.05) is 26.9 Å². The molecule has 0 aliphatic carbocycles. The standard InChI is InChI=1S/C18H25NO7/c1-3-4-10-25-16(20)13-24-12-15(17(21)23-2)19-18(22)26-11-14-8-6-5-7-9-14/h5-9,15H,3-4,10-13H2,1-2H3,(H,19,22)/t15-/m0/s1. The molecule has 0 fully saturated rings. The smallest absolute Gasteiger partial charge is 0.408 e. The van der Waals surface area contributed by atoms with Crippen LogP contribution in [-0.2, 0) is 35.1 Å². The number of hydrogen-bond donors (Lipinski definition) is 1. The fourth-order valence-corrected chi connectivity index (χ4v) is 1.85. The monoisotopic (exact) mass is 367 g/mol. The number of carbonyl (C=O) groups is 3. The molecular weight excluding hydrogens is 342 g/mol. The van der Waals surface area contributed by atoms with E-state index in [-0.39, 0.29) is 19.8 Å². The zero-order valence-electron chi connectivity index (χ0n) is 15.1. The lowest BCUT2D eigenvalue weighted by Crippen LogP contribution is -2.45. The van der Waals surface area contributed by atoms with Crippen LogP contribution in [0.25, 0.3) is 0 Å². The van der Waals surface area contributed by atoms with Crippen LogP contribution in [0.2, 0.25) is 0 Å². The second kappa shape index (κ2) is 12.7. The molecule has 0 bridgehead atoms. The van der Waals surface area contributed by atoms with Gasteiger partial charge in [0.25, 0.3) is 0 Å². The molecule has 0 saturated carbocycles. The fraction of sp³-hybridized carbons (Fsp3) is 0.500. The number of hydrogen-bond acceptors (Lipinski definition) is 7. The van der Waals surface area contributed by atoms with Gasteiger partial charge in [0.2, 0.25) is 0 Å². The summed E-state index contributed by atoms with van der Waals surface area (Å²) in [4.78, 5) is 35.0. The van der Waals surface area contributed by atoms with Gasteiger partial charge in [-0.3, -0.25) is 0 Å². The van der Waals surface area contributed by atoms with Crippen molar-refractivity contribution in [2.45, 2.75) is 32.4 Å². The molecule has 1 atom stereocenters. The molecule has 26 heavy (non-hydrogen) atoms. The average Bonchev–Trinajstić information content (AvgIpc) is 2.66. The molecule has 0 spiro atoms. The summed E-state index contributed by atoms with van der Waals surface area (Å²) in [6.07, 6.45) is 0.886. The largest absolute Gasteiger partial charge is 0.467 e. The van der Waals surface area contributed by atoms with E-state index in [9.17, 15) is 14.4 Å².